The maximum Gasteiger partial charge on any atom is 0.354 e. The average molecular weight is 335 g/mol. The van der Waals surface area contributed by atoms with E-state index in [1.165, 1.54) is 35.4 Å². The molecular weight excluding hydrogens is 314 g/mol. The minimum absolute atomic E-state index is 0.476. The van der Waals surface area contributed by atoms with Gasteiger partial charge >= 0.3 is 6.03 Å². The highest BCUT2D eigenvalue weighted by molar-refractivity contribution is 7.91. The van der Waals surface area contributed by atoms with Crippen molar-refractivity contribution in [1.82, 2.24) is 4.72 Å². The van der Waals surface area contributed by atoms with Gasteiger partial charge < -0.3 is 5.32 Å². The fourth-order valence-corrected chi connectivity index (χ4v) is 4.49. The van der Waals surface area contributed by atoms with Crippen LogP contribution in [-0.2, 0) is 40.4 Å². The van der Waals surface area contributed by atoms with Crippen molar-refractivity contribution in [1.29, 1.82) is 0 Å². The van der Waals surface area contributed by atoms with E-state index in [1.807, 2.05) is 0 Å². The molecule has 0 bridgehead atoms. The zero-order chi connectivity index (χ0) is 16.6. The first-order chi connectivity index (χ1) is 10.9. The average Bonchev–Trinajstić information content (AvgIpc) is 3.03. The van der Waals surface area contributed by atoms with Crippen LogP contribution in [0.1, 0.15) is 42.0 Å². The first-order valence-electron chi connectivity index (χ1n) is 7.84. The number of hydrogen-bond donors (Lipinski definition) is 2. The Bertz CT molecular complexity index is 775. The third-order valence-corrected chi connectivity index (χ3v) is 5.48. The van der Waals surface area contributed by atoms with Crippen molar-refractivity contribution in [2.45, 2.75) is 45.4 Å². The van der Waals surface area contributed by atoms with Gasteiger partial charge in [-0.25, -0.2) is 9.00 Å². The molecule has 3 amide bonds. The van der Waals surface area contributed by atoms with Gasteiger partial charge in [-0.1, -0.05) is 6.07 Å². The van der Waals surface area contributed by atoms with Crippen LogP contribution in [-0.4, -0.2) is 22.4 Å². The number of carbonyl (C=O) groups excluding carboxylic acids is 2. The molecule has 23 heavy (non-hydrogen) atoms. The van der Waals surface area contributed by atoms with Crippen LogP contribution in [0.4, 0.5) is 10.5 Å². The summed E-state index contributed by atoms with van der Waals surface area (Å²) in [4.78, 5) is 23.2. The van der Waals surface area contributed by atoms with Crippen LogP contribution in [0.2, 0.25) is 0 Å². The second-order valence-corrected chi connectivity index (χ2v) is 8.21. The predicted molar refractivity (Wildman–Crippen MR) is 89.8 cm³/mol. The second kappa shape index (κ2) is 5.96. The van der Waals surface area contributed by atoms with Crippen LogP contribution in [0.15, 0.2) is 10.4 Å². The van der Waals surface area contributed by atoms with Gasteiger partial charge in [-0.05, 0) is 60.8 Å². The molecular formula is C16H21N3O3S. The summed E-state index contributed by atoms with van der Waals surface area (Å²) < 4.78 is 17.9. The minimum Gasteiger partial charge on any atom is -0.305 e. The zero-order valence-corrected chi connectivity index (χ0v) is 14.2. The molecule has 1 aromatic rings. The second-order valence-electron chi connectivity index (χ2n) is 6.22. The van der Waals surface area contributed by atoms with Gasteiger partial charge in [0.25, 0.3) is 0 Å². The van der Waals surface area contributed by atoms with E-state index in [9.17, 15) is 13.8 Å². The summed E-state index contributed by atoms with van der Waals surface area (Å²) in [5, 5.41) is 2.84. The monoisotopic (exact) mass is 335 g/mol. The smallest absolute Gasteiger partial charge is 0.305 e. The molecule has 0 fully saturated rings. The summed E-state index contributed by atoms with van der Waals surface area (Å²) >= 11 is 0. The molecule has 0 radical (unpaired) electrons. The number of benzene rings is 1. The van der Waals surface area contributed by atoms with E-state index < -0.39 is 21.9 Å². The highest BCUT2D eigenvalue weighted by atomic mass is 32.2. The van der Waals surface area contributed by atoms with Crippen molar-refractivity contribution in [2.24, 2.45) is 4.36 Å². The Hall–Kier alpha value is -1.89. The lowest BCUT2D eigenvalue weighted by atomic mass is 9.99. The van der Waals surface area contributed by atoms with Crippen molar-refractivity contribution in [3.05, 3.63) is 28.3 Å². The Morgan fingerprint density at radius 2 is 1.65 bits per heavy atom. The topological polar surface area (TPSA) is 87.6 Å². The van der Waals surface area contributed by atoms with Crippen molar-refractivity contribution in [3.8, 4) is 0 Å². The molecule has 124 valence electrons. The first kappa shape index (κ1) is 16.0. The fraction of sp³-hybridized carbons (Fsp3) is 0.500. The molecule has 7 heteroatoms. The molecule has 0 aromatic heterocycles. The largest absolute Gasteiger partial charge is 0.354 e. The molecule has 2 N–H and O–H groups in total. The van der Waals surface area contributed by atoms with Gasteiger partial charge in [-0.2, -0.15) is 0 Å². The van der Waals surface area contributed by atoms with Crippen molar-refractivity contribution in [3.63, 3.8) is 0 Å². The summed E-state index contributed by atoms with van der Waals surface area (Å²) in [7, 11) is -3.06. The highest BCUT2D eigenvalue weighted by Crippen LogP contribution is 2.38. The molecule has 2 aliphatic carbocycles. The number of carbonyl (C=O) groups is 2. The van der Waals surface area contributed by atoms with E-state index in [4.69, 9.17) is 0 Å². The summed E-state index contributed by atoms with van der Waals surface area (Å²) in [6, 6.07) is 1.61. The van der Waals surface area contributed by atoms with E-state index in [0.29, 0.717) is 0 Å². The van der Waals surface area contributed by atoms with Gasteiger partial charge in [0.15, 0.2) is 0 Å². The summed E-state index contributed by atoms with van der Waals surface area (Å²) in [5.41, 5.74) is 5.85. The molecule has 6 nitrogen and oxygen atoms in total. The van der Waals surface area contributed by atoms with Gasteiger partial charge in [-0.15, -0.1) is 4.36 Å². The van der Waals surface area contributed by atoms with E-state index in [-0.39, 0.29) is 0 Å². The Morgan fingerprint density at radius 3 is 2.17 bits per heavy atom. The molecule has 2 aliphatic rings. The van der Waals surface area contributed by atoms with Crippen LogP contribution < -0.4 is 10.0 Å². The lowest BCUT2D eigenvalue weighted by Crippen LogP contribution is -2.28. The standard InChI is InChI=1S/C16H21N3O3S/c1-10(20)18-23(2,22)19-16(21)17-15-13-7-3-5-11(13)9-12-6-4-8-14(12)15/h9H,3-8H2,1-2H3,(H2,17,18,19,20,21,22). The third kappa shape index (κ3) is 3.39. The maximum absolute atomic E-state index is 12.2. The number of nitrogens with zero attached hydrogens (tertiary/aromatic N) is 1. The van der Waals surface area contributed by atoms with E-state index >= 15 is 0 Å². The fourth-order valence-electron chi connectivity index (χ4n) is 3.54. The van der Waals surface area contributed by atoms with Gasteiger partial charge in [0.1, 0.15) is 9.92 Å². The predicted octanol–water partition coefficient (Wildman–Crippen LogP) is 2.34. The Balaban J connectivity index is 1.92. The van der Waals surface area contributed by atoms with Gasteiger partial charge in [-0.3, -0.25) is 9.52 Å². The number of urea groups is 1. The van der Waals surface area contributed by atoms with Crippen LogP contribution >= 0.6 is 0 Å². The Kier molecular flexibility index (Phi) is 4.14. The Labute approximate surface area is 136 Å². The number of nitrogens with one attached hydrogen (secondary N) is 2. The van der Waals surface area contributed by atoms with Crippen molar-refractivity contribution >= 4 is 27.5 Å². The summed E-state index contributed by atoms with van der Waals surface area (Å²) in [5.74, 6) is -0.476. The molecule has 0 heterocycles. The summed E-state index contributed by atoms with van der Waals surface area (Å²) in [6.07, 6.45) is 7.41. The molecule has 0 saturated heterocycles. The quantitative estimate of drug-likeness (QED) is 0.869. The van der Waals surface area contributed by atoms with Crippen LogP contribution in [0.5, 0.6) is 0 Å². The minimum atomic E-state index is -3.06. The molecule has 1 atom stereocenters. The molecule has 1 aromatic carbocycles. The molecule has 3 rings (SSSR count). The Morgan fingerprint density at radius 1 is 1.09 bits per heavy atom. The van der Waals surface area contributed by atoms with Crippen molar-refractivity contribution in [2.75, 3.05) is 11.6 Å². The van der Waals surface area contributed by atoms with Gasteiger partial charge in [0, 0.05) is 18.9 Å². The van der Waals surface area contributed by atoms with Crippen LogP contribution in [0.25, 0.3) is 0 Å². The van der Waals surface area contributed by atoms with E-state index in [1.54, 1.807) is 0 Å². The van der Waals surface area contributed by atoms with E-state index in [2.05, 4.69) is 20.5 Å². The lowest BCUT2D eigenvalue weighted by molar-refractivity contribution is -0.117. The molecule has 0 saturated carbocycles. The van der Waals surface area contributed by atoms with E-state index in [0.717, 1.165) is 44.2 Å². The number of fused-ring (bicyclic) bond motifs is 2. The van der Waals surface area contributed by atoms with Crippen LogP contribution in [0.3, 0.4) is 0 Å². The van der Waals surface area contributed by atoms with Gasteiger partial charge in [0.05, 0.1) is 0 Å². The number of aryl methyl sites for hydroxylation is 2. The SMILES string of the molecule is CC(=O)NS(C)(=O)=NC(=O)Nc1c2c(cc3c1CCC3)CCC2. The van der Waals surface area contributed by atoms with Crippen molar-refractivity contribution < 1.29 is 13.8 Å². The molecule has 0 spiro atoms. The number of hydrogen-bond acceptors (Lipinski definition) is 3. The number of amides is 3. The molecule has 1 unspecified atom stereocenters. The lowest BCUT2D eigenvalue weighted by Gasteiger charge is -2.15. The van der Waals surface area contributed by atoms with Crippen LogP contribution in [0, 0.1) is 0 Å². The normalized spacial score (nSPS) is 17.8. The number of rotatable bonds is 2. The first-order valence-corrected chi connectivity index (χ1v) is 9.76. The third-order valence-electron chi connectivity index (χ3n) is 4.30. The summed E-state index contributed by atoms with van der Waals surface area (Å²) in [6.45, 7) is 1.24. The zero-order valence-electron chi connectivity index (χ0n) is 13.4. The van der Waals surface area contributed by atoms with Gasteiger partial charge in [0.2, 0.25) is 5.91 Å². The number of anilines is 1. The molecule has 0 aliphatic heterocycles. The maximum atomic E-state index is 12.2. The highest BCUT2D eigenvalue weighted by Gasteiger charge is 2.25.